The molecule has 0 aromatic rings. The van der Waals surface area contributed by atoms with E-state index in [0.29, 0.717) is 12.5 Å². The molecule has 0 radical (unpaired) electrons. The molecule has 19 heavy (non-hydrogen) atoms. The van der Waals surface area contributed by atoms with Gasteiger partial charge in [-0.15, -0.1) is 0 Å². The van der Waals surface area contributed by atoms with E-state index in [1.54, 1.807) is 0 Å². The predicted molar refractivity (Wildman–Crippen MR) is 77.9 cm³/mol. The Labute approximate surface area is 117 Å². The standard InChI is InChI=1S/C15H29N3O/c16-14-6-3-13(4-7-14)5-8-15(19)17-9-12-18-10-1-2-11-18/h13-14H,1-12,16H2,(H,17,19). The third-order valence-electron chi connectivity index (χ3n) is 4.62. The maximum atomic E-state index is 11.8. The largest absolute Gasteiger partial charge is 0.355 e. The number of carbonyl (C=O) groups is 1. The first-order chi connectivity index (χ1) is 9.24. The van der Waals surface area contributed by atoms with E-state index in [-0.39, 0.29) is 5.91 Å². The van der Waals surface area contributed by atoms with Crippen LogP contribution in [-0.4, -0.2) is 43.0 Å². The molecule has 3 N–H and O–H groups in total. The third-order valence-corrected chi connectivity index (χ3v) is 4.62. The molecule has 1 aliphatic carbocycles. The predicted octanol–water partition coefficient (Wildman–Crippen LogP) is 1.50. The molecule has 4 nitrogen and oxygen atoms in total. The second-order valence-electron chi connectivity index (χ2n) is 6.22. The Hall–Kier alpha value is -0.610. The van der Waals surface area contributed by atoms with Crippen molar-refractivity contribution < 1.29 is 4.79 Å². The molecule has 0 spiro atoms. The molecule has 4 heteroatoms. The second-order valence-corrected chi connectivity index (χ2v) is 6.22. The summed E-state index contributed by atoms with van der Waals surface area (Å²) in [5, 5.41) is 3.05. The summed E-state index contributed by atoms with van der Waals surface area (Å²) in [6.45, 7) is 4.24. The fraction of sp³-hybridized carbons (Fsp3) is 0.933. The maximum Gasteiger partial charge on any atom is 0.220 e. The van der Waals surface area contributed by atoms with Gasteiger partial charge in [0.15, 0.2) is 0 Å². The number of amides is 1. The Morgan fingerprint density at radius 1 is 1.16 bits per heavy atom. The van der Waals surface area contributed by atoms with Gasteiger partial charge in [0.2, 0.25) is 5.91 Å². The average Bonchev–Trinajstić information content (AvgIpc) is 2.91. The zero-order valence-electron chi connectivity index (χ0n) is 12.1. The Kier molecular flexibility index (Phi) is 6.11. The van der Waals surface area contributed by atoms with Crippen LogP contribution in [0.1, 0.15) is 51.4 Å². The van der Waals surface area contributed by atoms with Gasteiger partial charge >= 0.3 is 0 Å². The summed E-state index contributed by atoms with van der Waals surface area (Å²) in [5.41, 5.74) is 5.89. The Morgan fingerprint density at radius 3 is 2.53 bits per heavy atom. The molecule has 2 aliphatic rings. The molecular weight excluding hydrogens is 238 g/mol. The molecule has 110 valence electrons. The second kappa shape index (κ2) is 7.85. The lowest BCUT2D eigenvalue weighted by atomic mass is 9.84. The number of hydrogen-bond donors (Lipinski definition) is 2. The van der Waals surface area contributed by atoms with Crippen molar-refractivity contribution in [2.24, 2.45) is 11.7 Å². The lowest BCUT2D eigenvalue weighted by Gasteiger charge is -2.25. The molecule has 1 aliphatic heterocycles. The van der Waals surface area contributed by atoms with E-state index in [0.717, 1.165) is 38.3 Å². The summed E-state index contributed by atoms with van der Waals surface area (Å²) < 4.78 is 0. The van der Waals surface area contributed by atoms with E-state index >= 15 is 0 Å². The lowest BCUT2D eigenvalue weighted by molar-refractivity contribution is -0.121. The molecule has 1 amide bonds. The number of nitrogens with two attached hydrogens (primary N) is 1. The van der Waals surface area contributed by atoms with Crippen LogP contribution in [0, 0.1) is 5.92 Å². The average molecular weight is 267 g/mol. The van der Waals surface area contributed by atoms with Crippen LogP contribution in [-0.2, 0) is 4.79 Å². The lowest BCUT2D eigenvalue weighted by Crippen LogP contribution is -2.33. The number of rotatable bonds is 6. The maximum absolute atomic E-state index is 11.8. The molecule has 0 unspecified atom stereocenters. The highest BCUT2D eigenvalue weighted by Crippen LogP contribution is 2.26. The molecule has 1 heterocycles. The SMILES string of the molecule is NC1CCC(CCC(=O)NCCN2CCCC2)CC1. The topological polar surface area (TPSA) is 58.4 Å². The third kappa shape index (κ3) is 5.49. The molecule has 0 aromatic carbocycles. The number of nitrogens with one attached hydrogen (secondary N) is 1. The van der Waals surface area contributed by atoms with Gasteiger partial charge in [0.25, 0.3) is 0 Å². The summed E-state index contributed by atoms with van der Waals surface area (Å²) in [5.74, 6) is 0.957. The summed E-state index contributed by atoms with van der Waals surface area (Å²) >= 11 is 0. The van der Waals surface area contributed by atoms with Crippen LogP contribution in [0.4, 0.5) is 0 Å². The van der Waals surface area contributed by atoms with Crippen molar-refractivity contribution in [3.05, 3.63) is 0 Å². The van der Waals surface area contributed by atoms with Gasteiger partial charge in [0.1, 0.15) is 0 Å². The van der Waals surface area contributed by atoms with Gasteiger partial charge < -0.3 is 16.0 Å². The molecule has 1 saturated carbocycles. The van der Waals surface area contributed by atoms with E-state index < -0.39 is 0 Å². The van der Waals surface area contributed by atoms with E-state index in [9.17, 15) is 4.79 Å². The molecule has 2 fully saturated rings. The number of hydrogen-bond acceptors (Lipinski definition) is 3. The van der Waals surface area contributed by atoms with Gasteiger partial charge in [-0.1, -0.05) is 0 Å². The zero-order valence-corrected chi connectivity index (χ0v) is 12.1. The highest BCUT2D eigenvalue weighted by Gasteiger charge is 2.19. The smallest absolute Gasteiger partial charge is 0.220 e. The van der Waals surface area contributed by atoms with E-state index in [2.05, 4.69) is 10.2 Å². The van der Waals surface area contributed by atoms with Crippen LogP contribution < -0.4 is 11.1 Å². The summed E-state index contributed by atoms with van der Waals surface area (Å²) in [7, 11) is 0. The minimum atomic E-state index is 0.231. The molecule has 0 aromatic heterocycles. The van der Waals surface area contributed by atoms with Crippen molar-refractivity contribution in [1.29, 1.82) is 0 Å². The Bertz CT molecular complexity index is 269. The summed E-state index contributed by atoms with van der Waals surface area (Å²) in [4.78, 5) is 14.2. The number of nitrogens with zero attached hydrogens (tertiary/aromatic N) is 1. The van der Waals surface area contributed by atoms with Gasteiger partial charge in [-0.3, -0.25) is 4.79 Å². The molecule has 0 bridgehead atoms. The van der Waals surface area contributed by atoms with E-state index in [1.807, 2.05) is 0 Å². The van der Waals surface area contributed by atoms with Gasteiger partial charge in [-0.25, -0.2) is 0 Å². The van der Waals surface area contributed by atoms with Crippen molar-refractivity contribution >= 4 is 5.91 Å². The molecular formula is C15H29N3O. The highest BCUT2D eigenvalue weighted by atomic mass is 16.1. The van der Waals surface area contributed by atoms with Crippen molar-refractivity contribution in [2.45, 2.75) is 57.4 Å². The molecule has 2 rings (SSSR count). The van der Waals surface area contributed by atoms with Crippen LogP contribution in [0.3, 0.4) is 0 Å². The quantitative estimate of drug-likeness (QED) is 0.766. The normalized spacial score (nSPS) is 28.5. The van der Waals surface area contributed by atoms with Crippen LogP contribution in [0.15, 0.2) is 0 Å². The van der Waals surface area contributed by atoms with Crippen molar-refractivity contribution in [3.8, 4) is 0 Å². The first-order valence-corrected chi connectivity index (χ1v) is 7.98. The molecule has 1 saturated heterocycles. The number of carbonyl (C=O) groups excluding carboxylic acids is 1. The van der Waals surface area contributed by atoms with Crippen molar-refractivity contribution in [1.82, 2.24) is 10.2 Å². The van der Waals surface area contributed by atoms with Gasteiger partial charge in [-0.2, -0.15) is 0 Å². The number of likely N-dealkylation sites (tertiary alicyclic amines) is 1. The highest BCUT2D eigenvalue weighted by molar-refractivity contribution is 5.75. The minimum Gasteiger partial charge on any atom is -0.355 e. The van der Waals surface area contributed by atoms with Crippen LogP contribution in [0.25, 0.3) is 0 Å². The summed E-state index contributed by atoms with van der Waals surface area (Å²) in [6, 6.07) is 0.408. The first-order valence-electron chi connectivity index (χ1n) is 7.98. The van der Waals surface area contributed by atoms with Gasteiger partial charge in [-0.05, 0) is 64.0 Å². The van der Waals surface area contributed by atoms with Crippen molar-refractivity contribution in [3.63, 3.8) is 0 Å². The Morgan fingerprint density at radius 2 is 1.84 bits per heavy atom. The fourth-order valence-corrected chi connectivity index (χ4v) is 3.26. The molecule has 0 atom stereocenters. The van der Waals surface area contributed by atoms with E-state index in [1.165, 1.54) is 38.8 Å². The Balaban J connectivity index is 1.49. The van der Waals surface area contributed by atoms with E-state index in [4.69, 9.17) is 5.73 Å². The van der Waals surface area contributed by atoms with Crippen LogP contribution >= 0.6 is 0 Å². The zero-order chi connectivity index (χ0) is 13.5. The van der Waals surface area contributed by atoms with Crippen LogP contribution in [0.2, 0.25) is 0 Å². The van der Waals surface area contributed by atoms with Crippen molar-refractivity contribution in [2.75, 3.05) is 26.2 Å². The monoisotopic (exact) mass is 267 g/mol. The van der Waals surface area contributed by atoms with Gasteiger partial charge in [0.05, 0.1) is 0 Å². The summed E-state index contributed by atoms with van der Waals surface area (Å²) in [6.07, 6.45) is 9.07. The fourth-order valence-electron chi connectivity index (χ4n) is 3.26. The van der Waals surface area contributed by atoms with Crippen LogP contribution in [0.5, 0.6) is 0 Å². The van der Waals surface area contributed by atoms with Gasteiger partial charge in [0, 0.05) is 25.6 Å². The first kappa shape index (κ1) is 14.8. The minimum absolute atomic E-state index is 0.231.